The number of benzene rings is 1. The molecule has 0 aromatic heterocycles. The Balaban J connectivity index is 2.28. The SMILES string of the molecule is CCC(N)CSCC(N)c1ccccc1. The molecule has 3 heteroatoms. The third-order valence-electron chi connectivity index (χ3n) is 2.38. The van der Waals surface area contributed by atoms with E-state index < -0.39 is 0 Å². The van der Waals surface area contributed by atoms with E-state index in [-0.39, 0.29) is 6.04 Å². The molecule has 2 unspecified atom stereocenters. The van der Waals surface area contributed by atoms with Crippen LogP contribution >= 0.6 is 11.8 Å². The van der Waals surface area contributed by atoms with Crippen LogP contribution in [-0.2, 0) is 0 Å². The Hall–Kier alpha value is -0.510. The Morgan fingerprint density at radius 1 is 1.13 bits per heavy atom. The lowest BCUT2D eigenvalue weighted by atomic mass is 10.1. The van der Waals surface area contributed by atoms with Gasteiger partial charge in [0.25, 0.3) is 0 Å². The van der Waals surface area contributed by atoms with Gasteiger partial charge < -0.3 is 11.5 Å². The van der Waals surface area contributed by atoms with Gasteiger partial charge in [0.05, 0.1) is 0 Å². The molecule has 0 heterocycles. The van der Waals surface area contributed by atoms with E-state index in [4.69, 9.17) is 11.5 Å². The van der Waals surface area contributed by atoms with Gasteiger partial charge in [0.2, 0.25) is 0 Å². The average Bonchev–Trinajstić information content (AvgIpc) is 2.29. The van der Waals surface area contributed by atoms with Crippen LogP contribution in [0.5, 0.6) is 0 Å². The number of hydrogen-bond acceptors (Lipinski definition) is 3. The van der Waals surface area contributed by atoms with Gasteiger partial charge in [-0.15, -0.1) is 0 Å². The smallest absolute Gasteiger partial charge is 0.0386 e. The molecule has 1 rings (SSSR count). The van der Waals surface area contributed by atoms with Crippen molar-refractivity contribution in [3.63, 3.8) is 0 Å². The van der Waals surface area contributed by atoms with Gasteiger partial charge in [-0.2, -0.15) is 11.8 Å². The Labute approximate surface area is 96.4 Å². The molecule has 2 nitrogen and oxygen atoms in total. The first kappa shape index (κ1) is 12.6. The number of rotatable bonds is 6. The van der Waals surface area contributed by atoms with Crippen molar-refractivity contribution < 1.29 is 0 Å². The minimum Gasteiger partial charge on any atom is -0.327 e. The molecule has 15 heavy (non-hydrogen) atoms. The van der Waals surface area contributed by atoms with Crippen LogP contribution < -0.4 is 11.5 Å². The Bertz CT molecular complexity index is 264. The Kier molecular flexibility index (Phi) is 5.76. The second kappa shape index (κ2) is 6.88. The highest BCUT2D eigenvalue weighted by atomic mass is 32.2. The van der Waals surface area contributed by atoms with Crippen molar-refractivity contribution >= 4 is 11.8 Å². The molecule has 0 bridgehead atoms. The molecule has 4 N–H and O–H groups in total. The van der Waals surface area contributed by atoms with E-state index in [1.165, 1.54) is 5.56 Å². The molecule has 1 aromatic rings. The van der Waals surface area contributed by atoms with Gasteiger partial charge in [-0.05, 0) is 12.0 Å². The number of nitrogens with two attached hydrogens (primary N) is 2. The van der Waals surface area contributed by atoms with E-state index in [9.17, 15) is 0 Å². The maximum atomic E-state index is 6.06. The number of hydrogen-bond donors (Lipinski definition) is 2. The normalized spacial score (nSPS) is 14.9. The Morgan fingerprint density at radius 3 is 2.40 bits per heavy atom. The largest absolute Gasteiger partial charge is 0.327 e. The predicted molar refractivity (Wildman–Crippen MR) is 69.0 cm³/mol. The summed E-state index contributed by atoms with van der Waals surface area (Å²) >= 11 is 1.84. The molecule has 1 aromatic carbocycles. The molecule has 0 aliphatic rings. The lowest BCUT2D eigenvalue weighted by Crippen LogP contribution is -2.22. The van der Waals surface area contributed by atoms with Crippen LogP contribution in [0.1, 0.15) is 24.9 Å². The van der Waals surface area contributed by atoms with Crippen LogP contribution in [0.4, 0.5) is 0 Å². The van der Waals surface area contributed by atoms with Gasteiger partial charge in [0.1, 0.15) is 0 Å². The number of thioether (sulfide) groups is 1. The minimum absolute atomic E-state index is 0.125. The quantitative estimate of drug-likeness (QED) is 0.778. The molecule has 0 saturated heterocycles. The molecule has 0 saturated carbocycles. The summed E-state index contributed by atoms with van der Waals surface area (Å²) in [4.78, 5) is 0. The van der Waals surface area contributed by atoms with Crippen molar-refractivity contribution in [1.82, 2.24) is 0 Å². The predicted octanol–water partition coefficient (Wildman–Crippen LogP) is 2.16. The van der Waals surface area contributed by atoms with Crippen LogP contribution in [0.2, 0.25) is 0 Å². The van der Waals surface area contributed by atoms with Crippen LogP contribution in [0, 0.1) is 0 Å². The van der Waals surface area contributed by atoms with Gasteiger partial charge in [-0.3, -0.25) is 0 Å². The van der Waals surface area contributed by atoms with Crippen LogP contribution in [0.3, 0.4) is 0 Å². The molecule has 0 aliphatic heterocycles. The van der Waals surface area contributed by atoms with Crippen LogP contribution in [-0.4, -0.2) is 17.5 Å². The molecule has 2 atom stereocenters. The highest BCUT2D eigenvalue weighted by Crippen LogP contribution is 2.16. The fraction of sp³-hybridized carbons (Fsp3) is 0.500. The molecular weight excluding hydrogens is 204 g/mol. The van der Waals surface area contributed by atoms with E-state index in [0.29, 0.717) is 6.04 Å². The van der Waals surface area contributed by atoms with Gasteiger partial charge in [0.15, 0.2) is 0 Å². The van der Waals surface area contributed by atoms with Crippen molar-refractivity contribution in [2.24, 2.45) is 11.5 Å². The monoisotopic (exact) mass is 224 g/mol. The molecular formula is C12H20N2S. The van der Waals surface area contributed by atoms with E-state index >= 15 is 0 Å². The molecule has 0 spiro atoms. The first-order chi connectivity index (χ1) is 7.24. The van der Waals surface area contributed by atoms with Crippen molar-refractivity contribution in [3.05, 3.63) is 35.9 Å². The van der Waals surface area contributed by atoms with Crippen molar-refractivity contribution in [2.75, 3.05) is 11.5 Å². The fourth-order valence-electron chi connectivity index (χ4n) is 1.26. The van der Waals surface area contributed by atoms with Crippen LogP contribution in [0.15, 0.2) is 30.3 Å². The van der Waals surface area contributed by atoms with Gasteiger partial charge in [-0.1, -0.05) is 37.3 Å². The second-order valence-corrected chi connectivity index (χ2v) is 4.80. The topological polar surface area (TPSA) is 52.0 Å². The van der Waals surface area contributed by atoms with Crippen LogP contribution in [0.25, 0.3) is 0 Å². The molecule has 0 aliphatic carbocycles. The second-order valence-electron chi connectivity index (χ2n) is 3.72. The summed E-state index contributed by atoms with van der Waals surface area (Å²) < 4.78 is 0. The summed E-state index contributed by atoms with van der Waals surface area (Å²) in [6, 6.07) is 10.6. The molecule has 0 fully saturated rings. The van der Waals surface area contributed by atoms with Gasteiger partial charge in [-0.25, -0.2) is 0 Å². The van der Waals surface area contributed by atoms with E-state index in [2.05, 4.69) is 19.1 Å². The zero-order chi connectivity index (χ0) is 11.1. The summed E-state index contributed by atoms with van der Waals surface area (Å²) in [5, 5.41) is 0. The van der Waals surface area contributed by atoms with Gasteiger partial charge >= 0.3 is 0 Å². The zero-order valence-corrected chi connectivity index (χ0v) is 10.0. The molecule has 0 amide bonds. The van der Waals surface area contributed by atoms with Gasteiger partial charge in [0, 0.05) is 23.6 Å². The third kappa shape index (κ3) is 4.69. The molecule has 0 radical (unpaired) electrons. The maximum Gasteiger partial charge on any atom is 0.0386 e. The summed E-state index contributed by atoms with van der Waals surface area (Å²) in [6.45, 7) is 2.11. The van der Waals surface area contributed by atoms with Crippen molar-refractivity contribution in [3.8, 4) is 0 Å². The van der Waals surface area contributed by atoms with E-state index in [1.807, 2.05) is 30.0 Å². The standard InChI is InChI=1S/C12H20N2S/c1-2-11(13)8-15-9-12(14)10-6-4-3-5-7-10/h3-7,11-12H,2,8-9,13-14H2,1H3. The average molecular weight is 224 g/mol. The first-order valence-corrected chi connectivity index (χ1v) is 6.53. The minimum atomic E-state index is 0.125. The maximum absolute atomic E-state index is 6.06. The zero-order valence-electron chi connectivity index (χ0n) is 9.23. The lowest BCUT2D eigenvalue weighted by Gasteiger charge is -2.13. The third-order valence-corrected chi connectivity index (χ3v) is 3.64. The van der Waals surface area contributed by atoms with Crippen molar-refractivity contribution in [1.29, 1.82) is 0 Å². The first-order valence-electron chi connectivity index (χ1n) is 5.38. The fourth-order valence-corrected chi connectivity index (χ4v) is 2.38. The molecule has 84 valence electrons. The summed E-state index contributed by atoms with van der Waals surface area (Å²) in [5.74, 6) is 1.94. The highest BCUT2D eigenvalue weighted by molar-refractivity contribution is 7.99. The van der Waals surface area contributed by atoms with Crippen molar-refractivity contribution in [2.45, 2.75) is 25.4 Å². The van der Waals surface area contributed by atoms with E-state index in [1.54, 1.807) is 0 Å². The Morgan fingerprint density at radius 2 is 1.80 bits per heavy atom. The lowest BCUT2D eigenvalue weighted by molar-refractivity contribution is 0.722. The highest BCUT2D eigenvalue weighted by Gasteiger charge is 2.06. The van der Waals surface area contributed by atoms with E-state index in [0.717, 1.165) is 17.9 Å². The summed E-state index contributed by atoms with van der Waals surface area (Å²) in [5.41, 5.74) is 13.1. The summed E-state index contributed by atoms with van der Waals surface area (Å²) in [7, 11) is 0. The summed E-state index contributed by atoms with van der Waals surface area (Å²) in [6.07, 6.45) is 1.04.